The molecule has 1 heterocycles. The summed E-state index contributed by atoms with van der Waals surface area (Å²) in [6.07, 6.45) is -3.11. The molecule has 7 nitrogen and oxygen atoms in total. The molecule has 174 valence electrons. The molecule has 2 fully saturated rings. The minimum absolute atomic E-state index is 0.140. The summed E-state index contributed by atoms with van der Waals surface area (Å²) < 4.78 is 11.6. The zero-order valence-corrected chi connectivity index (χ0v) is 18.2. The van der Waals surface area contributed by atoms with Crippen LogP contribution in [0.3, 0.4) is 0 Å². The molecule has 2 aromatic rings. The van der Waals surface area contributed by atoms with E-state index in [1.165, 1.54) is 0 Å². The fraction of sp³-hybridized carbons (Fsp3) is 0.520. The summed E-state index contributed by atoms with van der Waals surface area (Å²) in [6.45, 7) is 1.55. The predicted octanol–water partition coefficient (Wildman–Crippen LogP) is 1.39. The van der Waals surface area contributed by atoms with E-state index in [9.17, 15) is 25.5 Å². The van der Waals surface area contributed by atoms with Crippen LogP contribution in [0.5, 0.6) is 5.75 Å². The Balaban J connectivity index is 1.48. The Bertz CT molecular complexity index is 898. The summed E-state index contributed by atoms with van der Waals surface area (Å²) in [5, 5.41) is 50.0. The highest BCUT2D eigenvalue weighted by atomic mass is 16.5. The Morgan fingerprint density at radius 1 is 0.938 bits per heavy atom. The highest BCUT2D eigenvalue weighted by Crippen LogP contribution is 2.33. The molecule has 5 N–H and O–H groups in total. The molecule has 1 aliphatic carbocycles. The van der Waals surface area contributed by atoms with Crippen molar-refractivity contribution in [2.45, 2.75) is 75.3 Å². The Morgan fingerprint density at radius 3 is 2.34 bits per heavy atom. The lowest BCUT2D eigenvalue weighted by Gasteiger charge is -2.40. The molecule has 4 rings (SSSR count). The monoisotopic (exact) mass is 444 g/mol. The van der Waals surface area contributed by atoms with Gasteiger partial charge in [0.15, 0.2) is 0 Å². The van der Waals surface area contributed by atoms with Gasteiger partial charge in [0.2, 0.25) is 0 Å². The van der Waals surface area contributed by atoms with E-state index in [1.54, 1.807) is 0 Å². The number of aliphatic hydroxyl groups is 5. The molecular weight excluding hydrogens is 412 g/mol. The van der Waals surface area contributed by atoms with E-state index in [4.69, 9.17) is 9.47 Å². The first-order valence-corrected chi connectivity index (χ1v) is 11.2. The number of rotatable bonds is 6. The summed E-state index contributed by atoms with van der Waals surface area (Å²) >= 11 is 0. The van der Waals surface area contributed by atoms with E-state index in [-0.39, 0.29) is 6.10 Å². The number of ether oxygens (including phenoxy) is 2. The van der Waals surface area contributed by atoms with Crippen LogP contribution in [0, 0.1) is 6.92 Å². The van der Waals surface area contributed by atoms with Gasteiger partial charge < -0.3 is 35.0 Å². The summed E-state index contributed by atoms with van der Waals surface area (Å²) in [4.78, 5) is 0. The van der Waals surface area contributed by atoms with Gasteiger partial charge in [-0.15, -0.1) is 0 Å². The van der Waals surface area contributed by atoms with E-state index in [2.05, 4.69) is 0 Å². The molecule has 7 atom stereocenters. The molecule has 32 heavy (non-hydrogen) atoms. The van der Waals surface area contributed by atoms with E-state index < -0.39 is 43.2 Å². The van der Waals surface area contributed by atoms with Gasteiger partial charge >= 0.3 is 0 Å². The van der Waals surface area contributed by atoms with Crippen molar-refractivity contribution in [3.05, 3.63) is 64.7 Å². The molecule has 1 aliphatic heterocycles. The van der Waals surface area contributed by atoms with Crippen molar-refractivity contribution >= 4 is 0 Å². The average molecular weight is 445 g/mol. The molecule has 0 spiro atoms. The minimum Gasteiger partial charge on any atom is -0.488 e. The van der Waals surface area contributed by atoms with Crippen molar-refractivity contribution in [2.24, 2.45) is 0 Å². The molecule has 1 saturated carbocycles. The van der Waals surface area contributed by atoms with Gasteiger partial charge in [-0.1, -0.05) is 30.3 Å². The van der Waals surface area contributed by atoms with Crippen molar-refractivity contribution in [1.29, 1.82) is 0 Å². The van der Waals surface area contributed by atoms with Crippen molar-refractivity contribution in [1.82, 2.24) is 0 Å². The molecular formula is C25H32O7. The average Bonchev–Trinajstić information content (AvgIpc) is 3.19. The zero-order chi connectivity index (χ0) is 22.8. The van der Waals surface area contributed by atoms with E-state index >= 15 is 0 Å². The number of aryl methyl sites for hydroxylation is 1. The first-order chi connectivity index (χ1) is 15.4. The van der Waals surface area contributed by atoms with Gasteiger partial charge in [0, 0.05) is 0 Å². The quantitative estimate of drug-likeness (QED) is 0.457. The Kier molecular flexibility index (Phi) is 7.14. The Morgan fingerprint density at radius 2 is 1.69 bits per heavy atom. The molecule has 2 aromatic carbocycles. The third kappa shape index (κ3) is 4.83. The molecule has 2 unspecified atom stereocenters. The molecule has 2 aliphatic rings. The van der Waals surface area contributed by atoms with E-state index in [0.29, 0.717) is 12.0 Å². The van der Waals surface area contributed by atoms with Crippen molar-refractivity contribution < 1.29 is 35.0 Å². The topological polar surface area (TPSA) is 120 Å². The molecule has 0 aromatic heterocycles. The SMILES string of the molecule is Cc1ccc([C@@H]2O[C@H](CO)[C@@H](O)[C@H](O)[C@H]2O)cc1Cc1ccc(OC2CCCC2O)cc1. The maximum Gasteiger partial charge on any atom is 0.124 e. The third-order valence-electron chi connectivity index (χ3n) is 6.62. The molecule has 0 bridgehead atoms. The van der Waals surface area contributed by atoms with Gasteiger partial charge in [-0.2, -0.15) is 0 Å². The Labute approximate surface area is 187 Å². The van der Waals surface area contributed by atoms with Gasteiger partial charge in [0.1, 0.15) is 42.4 Å². The first-order valence-electron chi connectivity index (χ1n) is 11.2. The lowest BCUT2D eigenvalue weighted by Crippen LogP contribution is -2.55. The maximum atomic E-state index is 10.4. The predicted molar refractivity (Wildman–Crippen MR) is 117 cm³/mol. The normalized spacial score (nSPS) is 32.8. The van der Waals surface area contributed by atoms with Crippen molar-refractivity contribution in [3.8, 4) is 5.75 Å². The second-order valence-corrected chi connectivity index (χ2v) is 8.91. The standard InChI is InChI=1S/C25H32O7/c1-14-5-8-16(25-24(30)23(29)22(28)21(13-26)32-25)12-17(14)11-15-6-9-18(10-7-15)31-20-4-2-3-19(20)27/h5-10,12,19-30H,2-4,11,13H2,1H3/t19?,20?,21-,22-,23+,24-,25+/m1/s1. The van der Waals surface area contributed by atoms with Crippen LogP contribution in [-0.4, -0.2) is 68.8 Å². The number of aliphatic hydroxyl groups excluding tert-OH is 5. The van der Waals surface area contributed by atoms with Crippen LogP contribution in [0.2, 0.25) is 0 Å². The summed E-state index contributed by atoms with van der Waals surface area (Å²) in [7, 11) is 0. The van der Waals surface area contributed by atoms with Gasteiger partial charge in [-0.3, -0.25) is 0 Å². The number of benzene rings is 2. The molecule has 7 heteroatoms. The summed E-state index contributed by atoms with van der Waals surface area (Å²) in [6, 6.07) is 13.5. The van der Waals surface area contributed by atoms with Gasteiger partial charge in [0.25, 0.3) is 0 Å². The second-order valence-electron chi connectivity index (χ2n) is 8.91. The van der Waals surface area contributed by atoms with Crippen LogP contribution >= 0.6 is 0 Å². The van der Waals surface area contributed by atoms with Crippen LogP contribution in [0.1, 0.15) is 47.6 Å². The highest BCUT2D eigenvalue weighted by Gasteiger charge is 2.44. The van der Waals surface area contributed by atoms with E-state index in [1.807, 2.05) is 49.4 Å². The van der Waals surface area contributed by atoms with Crippen molar-refractivity contribution in [2.75, 3.05) is 6.61 Å². The maximum absolute atomic E-state index is 10.4. The van der Waals surface area contributed by atoms with Gasteiger partial charge in [-0.05, 0) is 67.0 Å². The van der Waals surface area contributed by atoms with Crippen LogP contribution in [0.25, 0.3) is 0 Å². The molecule has 0 amide bonds. The largest absolute Gasteiger partial charge is 0.488 e. The van der Waals surface area contributed by atoms with Crippen LogP contribution < -0.4 is 4.74 Å². The first kappa shape index (κ1) is 23.2. The fourth-order valence-electron chi connectivity index (χ4n) is 4.56. The summed E-state index contributed by atoms with van der Waals surface area (Å²) in [5.41, 5.74) is 3.88. The number of hydrogen-bond donors (Lipinski definition) is 5. The van der Waals surface area contributed by atoms with Gasteiger partial charge in [0.05, 0.1) is 12.7 Å². The highest BCUT2D eigenvalue weighted by molar-refractivity contribution is 5.38. The lowest BCUT2D eigenvalue weighted by atomic mass is 9.89. The summed E-state index contributed by atoms with van der Waals surface area (Å²) in [5.74, 6) is 0.742. The smallest absolute Gasteiger partial charge is 0.124 e. The van der Waals surface area contributed by atoms with Crippen LogP contribution in [-0.2, 0) is 11.2 Å². The van der Waals surface area contributed by atoms with Crippen LogP contribution in [0.15, 0.2) is 42.5 Å². The fourth-order valence-corrected chi connectivity index (χ4v) is 4.56. The second kappa shape index (κ2) is 9.87. The lowest BCUT2D eigenvalue weighted by molar-refractivity contribution is -0.231. The van der Waals surface area contributed by atoms with Crippen molar-refractivity contribution in [3.63, 3.8) is 0 Å². The minimum atomic E-state index is -1.40. The molecule has 1 saturated heterocycles. The zero-order valence-electron chi connectivity index (χ0n) is 18.2. The van der Waals surface area contributed by atoms with E-state index in [0.717, 1.165) is 41.7 Å². The van der Waals surface area contributed by atoms with Gasteiger partial charge in [-0.25, -0.2) is 0 Å². The molecule has 0 radical (unpaired) electrons. The number of hydrogen-bond acceptors (Lipinski definition) is 7. The Hall–Kier alpha value is -2.00. The third-order valence-corrected chi connectivity index (χ3v) is 6.62. The van der Waals surface area contributed by atoms with Crippen LogP contribution in [0.4, 0.5) is 0 Å².